The van der Waals surface area contributed by atoms with Gasteiger partial charge >= 0.3 is 0 Å². The van der Waals surface area contributed by atoms with Gasteiger partial charge in [0.25, 0.3) is 0 Å². The molecule has 9 rings (SSSR count). The molecule has 0 aliphatic heterocycles. The molecule has 3 nitrogen and oxygen atoms in total. The molecule has 0 radical (unpaired) electrons. The fourth-order valence-corrected chi connectivity index (χ4v) is 7.72. The Kier molecular flexibility index (Phi) is 6.58. The molecule has 0 amide bonds. The van der Waals surface area contributed by atoms with E-state index in [1.165, 1.54) is 5.56 Å². The Morgan fingerprint density at radius 1 is 0.347 bits per heavy atom. The minimum atomic E-state index is 0.539. The lowest BCUT2D eigenvalue weighted by molar-refractivity contribution is 1.17. The maximum Gasteiger partial charge on any atom is 0.101 e. The largest absolute Gasteiger partial charge is 0.307 e. The van der Waals surface area contributed by atoms with E-state index in [9.17, 15) is 10.5 Å². The van der Waals surface area contributed by atoms with Crippen LogP contribution in [0.5, 0.6) is 0 Å². The van der Waals surface area contributed by atoms with Crippen LogP contribution in [0.4, 0.5) is 0 Å². The molecular weight excluding hydrogens is 595 g/mol. The third-order valence-corrected chi connectivity index (χ3v) is 9.68. The van der Waals surface area contributed by atoms with Gasteiger partial charge < -0.3 is 4.57 Å². The molecule has 0 fully saturated rings. The van der Waals surface area contributed by atoms with Gasteiger partial charge in [0.15, 0.2) is 0 Å². The van der Waals surface area contributed by atoms with Crippen molar-refractivity contribution in [1.82, 2.24) is 4.57 Å². The van der Waals surface area contributed by atoms with Gasteiger partial charge in [0.2, 0.25) is 0 Å². The van der Waals surface area contributed by atoms with Gasteiger partial charge in [0, 0.05) is 21.9 Å². The quantitative estimate of drug-likeness (QED) is 0.184. The summed E-state index contributed by atoms with van der Waals surface area (Å²) in [7, 11) is 0. The third kappa shape index (κ3) is 4.27. The van der Waals surface area contributed by atoms with Crippen LogP contribution in [-0.4, -0.2) is 4.57 Å². The Balaban J connectivity index is 1.45. The van der Waals surface area contributed by atoms with E-state index in [1.807, 2.05) is 42.5 Å². The van der Waals surface area contributed by atoms with E-state index in [1.54, 1.807) is 0 Å². The Labute approximate surface area is 283 Å². The number of nitrogens with zero attached hydrogens (tertiary/aromatic N) is 3. The average molecular weight is 622 g/mol. The molecule has 8 aromatic carbocycles. The van der Waals surface area contributed by atoms with Crippen molar-refractivity contribution < 1.29 is 0 Å². The van der Waals surface area contributed by atoms with Gasteiger partial charge in [0.05, 0.1) is 33.9 Å². The molecule has 226 valence electrons. The molecule has 0 bridgehead atoms. The molecule has 0 atom stereocenters. The van der Waals surface area contributed by atoms with Crippen LogP contribution in [0.15, 0.2) is 164 Å². The second-order valence-corrected chi connectivity index (χ2v) is 12.2. The first kappa shape index (κ1) is 28.3. The number of benzene rings is 8. The first-order valence-corrected chi connectivity index (χ1v) is 16.3. The van der Waals surface area contributed by atoms with Crippen molar-refractivity contribution in [2.45, 2.75) is 0 Å². The summed E-state index contributed by atoms with van der Waals surface area (Å²) in [5.74, 6) is 0. The average Bonchev–Trinajstić information content (AvgIpc) is 3.50. The highest BCUT2D eigenvalue weighted by atomic mass is 15.0. The van der Waals surface area contributed by atoms with Crippen molar-refractivity contribution in [2.24, 2.45) is 0 Å². The summed E-state index contributed by atoms with van der Waals surface area (Å²) in [6.45, 7) is 0. The second-order valence-electron chi connectivity index (χ2n) is 12.2. The van der Waals surface area contributed by atoms with Crippen LogP contribution in [0.3, 0.4) is 0 Å². The molecule has 0 spiro atoms. The molecule has 0 N–H and O–H groups in total. The topological polar surface area (TPSA) is 52.5 Å². The summed E-state index contributed by atoms with van der Waals surface area (Å²) in [6.07, 6.45) is 0. The molecule has 0 aliphatic carbocycles. The number of hydrogen-bond acceptors (Lipinski definition) is 2. The molecule has 1 heterocycles. The number of hydrogen-bond donors (Lipinski definition) is 0. The Morgan fingerprint density at radius 2 is 0.796 bits per heavy atom. The van der Waals surface area contributed by atoms with Crippen molar-refractivity contribution in [3.05, 3.63) is 175 Å². The highest BCUT2D eigenvalue weighted by Gasteiger charge is 2.25. The maximum atomic E-state index is 10.7. The predicted octanol–water partition coefficient (Wildman–Crippen LogP) is 11.8. The lowest BCUT2D eigenvalue weighted by atomic mass is 9.82. The van der Waals surface area contributed by atoms with Gasteiger partial charge in [-0.2, -0.15) is 10.5 Å². The van der Waals surface area contributed by atoms with Crippen LogP contribution in [0.2, 0.25) is 0 Å². The molecule has 0 saturated carbocycles. The Morgan fingerprint density at radius 3 is 1.35 bits per heavy atom. The van der Waals surface area contributed by atoms with E-state index in [0.717, 1.165) is 76.9 Å². The fraction of sp³-hybridized carbons (Fsp3) is 0. The lowest BCUT2D eigenvalue weighted by Crippen LogP contribution is -2.03. The Bertz CT molecular complexity index is 2740. The molecule has 1 aromatic heterocycles. The van der Waals surface area contributed by atoms with Gasteiger partial charge in [-0.3, -0.25) is 0 Å². The molecular formula is C46H27N3. The zero-order chi connectivity index (χ0) is 32.9. The van der Waals surface area contributed by atoms with E-state index in [0.29, 0.717) is 11.1 Å². The smallest absolute Gasteiger partial charge is 0.101 e. The maximum absolute atomic E-state index is 10.7. The summed E-state index contributed by atoms with van der Waals surface area (Å²) in [5.41, 5.74) is 9.86. The van der Waals surface area contributed by atoms with Gasteiger partial charge in [-0.1, -0.05) is 140 Å². The first-order chi connectivity index (χ1) is 24.3. The zero-order valence-corrected chi connectivity index (χ0v) is 26.4. The lowest BCUT2D eigenvalue weighted by Gasteiger charge is -2.22. The van der Waals surface area contributed by atoms with Crippen LogP contribution in [-0.2, 0) is 0 Å². The number of fused-ring (bicyclic) bond motifs is 5. The standard InChI is InChI=1S/C46H27N3/c47-28-31-16-12-24-39(45-37-22-6-4-20-35(37)43(30-14-2-1-3-15-30)36-21-5-7-23-38(36)45)44(31)40-25-13-17-32(29-48)46(40)49-41-26-10-8-18-33(41)34-19-9-11-27-42(34)49/h1-27H. The first-order valence-electron chi connectivity index (χ1n) is 16.3. The number of para-hydroxylation sites is 3. The highest BCUT2D eigenvalue weighted by Crippen LogP contribution is 2.48. The SMILES string of the molecule is N#Cc1cccc(-c2c3ccccc3c(-c3ccccc3)c3ccccc23)c1-c1cccc(C#N)c1-n1c2ccccc2c2ccccc21. The van der Waals surface area contributed by atoms with Crippen molar-refractivity contribution >= 4 is 43.4 Å². The van der Waals surface area contributed by atoms with Crippen molar-refractivity contribution in [2.75, 3.05) is 0 Å². The van der Waals surface area contributed by atoms with Gasteiger partial charge in [-0.05, 0) is 68.1 Å². The molecule has 0 aliphatic rings. The van der Waals surface area contributed by atoms with E-state index in [-0.39, 0.29) is 0 Å². The van der Waals surface area contributed by atoms with Crippen molar-refractivity contribution in [3.8, 4) is 51.2 Å². The summed E-state index contributed by atoms with van der Waals surface area (Å²) in [4.78, 5) is 0. The third-order valence-electron chi connectivity index (χ3n) is 9.68. The predicted molar refractivity (Wildman–Crippen MR) is 202 cm³/mol. The molecule has 0 saturated heterocycles. The highest BCUT2D eigenvalue weighted by molar-refractivity contribution is 6.23. The summed E-state index contributed by atoms with van der Waals surface area (Å²) >= 11 is 0. The summed E-state index contributed by atoms with van der Waals surface area (Å²) < 4.78 is 2.20. The number of nitriles is 2. The molecule has 3 heteroatoms. The van der Waals surface area contributed by atoms with Crippen LogP contribution >= 0.6 is 0 Å². The van der Waals surface area contributed by atoms with E-state index >= 15 is 0 Å². The normalized spacial score (nSPS) is 11.2. The Hall–Kier alpha value is -6.94. The number of aromatic nitrogens is 1. The van der Waals surface area contributed by atoms with Crippen LogP contribution in [0.25, 0.3) is 82.4 Å². The number of rotatable bonds is 4. The van der Waals surface area contributed by atoms with E-state index in [4.69, 9.17) is 0 Å². The summed E-state index contributed by atoms with van der Waals surface area (Å²) in [5, 5.41) is 28.1. The molecule has 0 unspecified atom stereocenters. The minimum absolute atomic E-state index is 0.539. The van der Waals surface area contributed by atoms with Crippen LogP contribution in [0.1, 0.15) is 11.1 Å². The van der Waals surface area contributed by atoms with Crippen LogP contribution < -0.4 is 0 Å². The zero-order valence-electron chi connectivity index (χ0n) is 26.4. The minimum Gasteiger partial charge on any atom is -0.307 e. The van der Waals surface area contributed by atoms with E-state index < -0.39 is 0 Å². The van der Waals surface area contributed by atoms with Gasteiger partial charge in [0.1, 0.15) is 6.07 Å². The van der Waals surface area contributed by atoms with Gasteiger partial charge in [-0.15, -0.1) is 0 Å². The monoisotopic (exact) mass is 621 g/mol. The second kappa shape index (κ2) is 11.4. The molecule has 49 heavy (non-hydrogen) atoms. The van der Waals surface area contributed by atoms with Crippen LogP contribution in [0, 0.1) is 22.7 Å². The van der Waals surface area contributed by atoms with Gasteiger partial charge in [-0.25, -0.2) is 0 Å². The van der Waals surface area contributed by atoms with E-state index in [2.05, 4.69) is 138 Å². The summed E-state index contributed by atoms with van der Waals surface area (Å²) in [6, 6.07) is 61.2. The van der Waals surface area contributed by atoms with Crippen molar-refractivity contribution in [1.29, 1.82) is 10.5 Å². The molecule has 9 aromatic rings. The van der Waals surface area contributed by atoms with Crippen molar-refractivity contribution in [3.63, 3.8) is 0 Å². The fourth-order valence-electron chi connectivity index (χ4n) is 7.72.